The molecule has 0 bridgehead atoms. The molecule has 13 heteroatoms. The van der Waals surface area contributed by atoms with Gasteiger partial charge >= 0.3 is 12.2 Å². The average Bonchev–Trinajstić information content (AvgIpc) is 3.81. The van der Waals surface area contributed by atoms with Crippen molar-refractivity contribution in [2.45, 2.75) is 56.3 Å². The summed E-state index contributed by atoms with van der Waals surface area (Å²) in [6, 6.07) is 2.09. The van der Waals surface area contributed by atoms with Crippen molar-refractivity contribution in [1.82, 2.24) is 19.9 Å². The van der Waals surface area contributed by atoms with Crippen LogP contribution in [-0.4, -0.2) is 65.3 Å². The number of aromatic nitrogens is 3. The number of rotatable bonds is 4. The number of pyridine rings is 1. The number of ether oxygens (including phenoxy) is 2. The third-order valence-electron chi connectivity index (χ3n) is 9.26. The Labute approximate surface area is 238 Å². The van der Waals surface area contributed by atoms with Gasteiger partial charge in [0.05, 0.1) is 17.2 Å². The minimum atomic E-state index is -4.90. The average molecular weight is 593 g/mol. The van der Waals surface area contributed by atoms with Gasteiger partial charge < -0.3 is 20.1 Å². The lowest BCUT2D eigenvalue weighted by atomic mass is 10.0. The predicted octanol–water partition coefficient (Wildman–Crippen LogP) is 5.70. The molecule has 3 fully saturated rings. The number of nitrogens with zero attached hydrogens (tertiary/aromatic N) is 5. The van der Waals surface area contributed by atoms with Crippen LogP contribution in [0.3, 0.4) is 0 Å². The molecule has 0 radical (unpaired) electrons. The Balaban J connectivity index is 1.39. The van der Waals surface area contributed by atoms with Gasteiger partial charge in [0.15, 0.2) is 5.82 Å². The first-order chi connectivity index (χ1) is 19.4. The molecular formula is C28H29ClF4N6O2. The maximum Gasteiger partial charge on any atom is 0.418 e. The summed E-state index contributed by atoms with van der Waals surface area (Å²) in [6.45, 7) is 1.56. The highest BCUT2D eigenvalue weighted by molar-refractivity contribution is 6.32. The minimum Gasteiger partial charge on any atom is -0.477 e. The molecule has 4 heterocycles. The second-order valence-corrected chi connectivity index (χ2v) is 12.4. The third-order valence-corrected chi connectivity index (χ3v) is 9.56. The standard InChI is InChI=1S/C28H29ClF4N6O2/c1-38-13-26(3-4-26)11-15(38)12-41-25-36-22-18-23(37-25)39(2)27(5-6-27)7-8-40-24(18)35-21(20(22)30)16-9-14(34)10-17(29)19(16)28(31,32)33/h9-10,15H,3-8,11-13,34H2,1-2H3/t15-/m0/s1. The molecule has 8 nitrogen and oxygen atoms in total. The van der Waals surface area contributed by atoms with E-state index < -0.39 is 33.8 Å². The maximum atomic E-state index is 16.4. The number of nitrogen functional groups attached to an aromatic ring is 1. The minimum absolute atomic E-state index is 0.0514. The van der Waals surface area contributed by atoms with E-state index in [1.807, 2.05) is 11.9 Å². The third kappa shape index (κ3) is 4.41. The lowest BCUT2D eigenvalue weighted by molar-refractivity contribution is -0.137. The normalized spacial score (nSPS) is 22.6. The van der Waals surface area contributed by atoms with Crippen molar-refractivity contribution in [1.29, 1.82) is 0 Å². The molecule has 2 aromatic heterocycles. The van der Waals surface area contributed by atoms with E-state index >= 15 is 4.39 Å². The number of halogens is 5. The number of benzene rings is 1. The molecular weight excluding hydrogens is 564 g/mol. The molecule has 2 saturated carbocycles. The van der Waals surface area contributed by atoms with Gasteiger partial charge in [-0.15, -0.1) is 0 Å². The van der Waals surface area contributed by atoms with Crippen LogP contribution in [0.5, 0.6) is 11.9 Å². The molecule has 0 amide bonds. The highest BCUT2D eigenvalue weighted by Gasteiger charge is 2.51. The largest absolute Gasteiger partial charge is 0.477 e. The molecule has 218 valence electrons. The van der Waals surface area contributed by atoms with Crippen molar-refractivity contribution in [2.24, 2.45) is 5.41 Å². The summed E-state index contributed by atoms with van der Waals surface area (Å²) in [5.41, 5.74) is 3.25. The van der Waals surface area contributed by atoms with Crippen molar-refractivity contribution in [3.63, 3.8) is 0 Å². The summed E-state index contributed by atoms with van der Waals surface area (Å²) in [6.07, 6.45) is 0.971. The number of likely N-dealkylation sites (N-methyl/N-ethyl adjacent to an activating group) is 1. The molecule has 2 aliphatic heterocycles. The zero-order valence-corrected chi connectivity index (χ0v) is 23.4. The molecule has 1 aromatic carbocycles. The van der Waals surface area contributed by atoms with Crippen molar-refractivity contribution in [2.75, 3.05) is 44.5 Å². The zero-order chi connectivity index (χ0) is 28.9. The number of anilines is 2. The van der Waals surface area contributed by atoms with E-state index in [9.17, 15) is 13.2 Å². The van der Waals surface area contributed by atoms with E-state index in [0.29, 0.717) is 24.3 Å². The monoisotopic (exact) mass is 592 g/mol. The van der Waals surface area contributed by atoms with Crippen molar-refractivity contribution < 1.29 is 27.0 Å². The number of nitrogens with two attached hydrogens (primary N) is 1. The fourth-order valence-corrected chi connectivity index (χ4v) is 6.87. The molecule has 7 rings (SSSR count). The molecule has 41 heavy (non-hydrogen) atoms. The number of hydrogen-bond acceptors (Lipinski definition) is 8. The van der Waals surface area contributed by atoms with E-state index in [4.69, 9.17) is 26.8 Å². The Morgan fingerprint density at radius 1 is 1.12 bits per heavy atom. The van der Waals surface area contributed by atoms with E-state index in [-0.39, 0.29) is 46.7 Å². The first-order valence-corrected chi connectivity index (χ1v) is 14.1. The Bertz CT molecular complexity index is 1580. The number of likely N-dealkylation sites (tertiary alicyclic amines) is 1. The first kappa shape index (κ1) is 26.8. The molecule has 2 spiro atoms. The topological polar surface area (TPSA) is 89.6 Å². The molecule has 4 aliphatic rings. The van der Waals surface area contributed by atoms with Crippen molar-refractivity contribution in [3.05, 3.63) is 28.5 Å². The highest BCUT2D eigenvalue weighted by Crippen LogP contribution is 2.54. The molecule has 2 aliphatic carbocycles. The van der Waals surface area contributed by atoms with Gasteiger partial charge in [0, 0.05) is 42.8 Å². The summed E-state index contributed by atoms with van der Waals surface area (Å²) >= 11 is 5.98. The SMILES string of the molecule is CN1CC2(CC2)C[C@H]1COc1nc2c3c(nc(-c4cc(N)cc(Cl)c4C(F)(F)F)c(F)c3n1)OCCC1(CC1)N2C. The summed E-state index contributed by atoms with van der Waals surface area (Å²) in [4.78, 5) is 17.6. The van der Waals surface area contributed by atoms with Gasteiger partial charge in [-0.25, -0.2) is 9.37 Å². The smallest absolute Gasteiger partial charge is 0.418 e. The first-order valence-electron chi connectivity index (χ1n) is 13.7. The Kier molecular flexibility index (Phi) is 5.83. The van der Waals surface area contributed by atoms with Crippen LogP contribution >= 0.6 is 11.6 Å². The summed E-state index contributed by atoms with van der Waals surface area (Å²) in [5, 5.41) is -0.472. The van der Waals surface area contributed by atoms with Gasteiger partial charge in [0.2, 0.25) is 5.88 Å². The van der Waals surface area contributed by atoms with E-state index in [0.717, 1.165) is 37.9 Å². The van der Waals surface area contributed by atoms with Gasteiger partial charge in [0.1, 0.15) is 29.0 Å². The van der Waals surface area contributed by atoms with E-state index in [1.54, 1.807) is 0 Å². The fraction of sp³-hybridized carbons (Fsp3) is 0.536. The molecule has 1 atom stereocenters. The van der Waals surface area contributed by atoms with Crippen molar-refractivity contribution >= 4 is 34.0 Å². The second kappa shape index (κ2) is 8.94. The molecule has 3 aromatic rings. The van der Waals surface area contributed by atoms with E-state index in [1.165, 1.54) is 12.8 Å². The number of alkyl halides is 3. The number of hydrogen-bond donors (Lipinski definition) is 1. The van der Waals surface area contributed by atoms with Crippen LogP contribution in [0.2, 0.25) is 5.02 Å². The predicted molar refractivity (Wildman–Crippen MR) is 146 cm³/mol. The van der Waals surface area contributed by atoms with Crippen LogP contribution in [0.15, 0.2) is 12.1 Å². The fourth-order valence-electron chi connectivity index (χ4n) is 6.53. The van der Waals surface area contributed by atoms with Crippen LogP contribution in [-0.2, 0) is 6.18 Å². The quantitative estimate of drug-likeness (QED) is 0.305. The lowest BCUT2D eigenvalue weighted by Crippen LogP contribution is -2.37. The molecule has 1 saturated heterocycles. The van der Waals surface area contributed by atoms with Crippen molar-refractivity contribution in [3.8, 4) is 23.1 Å². The van der Waals surface area contributed by atoms with Crippen LogP contribution < -0.4 is 20.1 Å². The van der Waals surface area contributed by atoms with Gasteiger partial charge in [-0.05, 0) is 56.7 Å². The second-order valence-electron chi connectivity index (χ2n) is 12.0. The van der Waals surface area contributed by atoms with E-state index in [2.05, 4.69) is 26.9 Å². The van der Waals surface area contributed by atoms with Gasteiger partial charge in [-0.2, -0.15) is 23.1 Å². The highest BCUT2D eigenvalue weighted by atomic mass is 35.5. The Morgan fingerprint density at radius 3 is 2.54 bits per heavy atom. The van der Waals surface area contributed by atoms with Gasteiger partial charge in [-0.3, -0.25) is 4.90 Å². The lowest BCUT2D eigenvalue weighted by Gasteiger charge is -2.32. The maximum absolute atomic E-state index is 16.4. The van der Waals surface area contributed by atoms with Crippen LogP contribution in [0.25, 0.3) is 22.2 Å². The Hall–Kier alpha value is -3.12. The van der Waals surface area contributed by atoms with Crippen LogP contribution in [0, 0.1) is 11.2 Å². The van der Waals surface area contributed by atoms with Crippen LogP contribution in [0.4, 0.5) is 29.1 Å². The zero-order valence-electron chi connectivity index (χ0n) is 22.6. The van der Waals surface area contributed by atoms with Gasteiger partial charge in [0.25, 0.3) is 0 Å². The van der Waals surface area contributed by atoms with Crippen LogP contribution in [0.1, 0.15) is 44.1 Å². The summed E-state index contributed by atoms with van der Waals surface area (Å²) in [7, 11) is 3.93. The summed E-state index contributed by atoms with van der Waals surface area (Å²) in [5.74, 6) is -0.754. The molecule has 2 N–H and O–H groups in total. The molecule has 0 unspecified atom stereocenters. The Morgan fingerprint density at radius 2 is 1.88 bits per heavy atom. The summed E-state index contributed by atoms with van der Waals surface area (Å²) < 4.78 is 70.9. The van der Waals surface area contributed by atoms with Gasteiger partial charge in [-0.1, -0.05) is 11.6 Å².